The number of amides is 1. The van der Waals surface area contributed by atoms with E-state index in [1.165, 1.54) is 12.0 Å². The van der Waals surface area contributed by atoms with E-state index in [1.807, 2.05) is 41.3 Å². The molecule has 1 aliphatic rings. The monoisotopic (exact) mass is 330 g/mol. The van der Waals surface area contributed by atoms with Crippen LogP contribution < -0.4 is 0 Å². The van der Waals surface area contributed by atoms with Gasteiger partial charge in [0.1, 0.15) is 0 Å². The molecule has 0 saturated carbocycles. The molecule has 1 saturated heterocycles. The van der Waals surface area contributed by atoms with Crippen LogP contribution in [0, 0.1) is 6.92 Å². The molecule has 1 aromatic heterocycles. The van der Waals surface area contributed by atoms with Crippen LogP contribution in [0.25, 0.3) is 22.2 Å². The first-order valence-electron chi connectivity index (χ1n) is 8.98. The van der Waals surface area contributed by atoms with Gasteiger partial charge in [0.15, 0.2) is 0 Å². The number of pyridine rings is 1. The number of para-hydroxylation sites is 1. The molecular weight excluding hydrogens is 308 g/mol. The van der Waals surface area contributed by atoms with Crippen LogP contribution in [-0.4, -0.2) is 28.9 Å². The van der Waals surface area contributed by atoms with Crippen molar-refractivity contribution in [2.45, 2.75) is 26.2 Å². The SMILES string of the molecule is Cc1cccc(-c2cc(C(=O)N3CCCCC3)c3ccccc3n2)c1. The van der Waals surface area contributed by atoms with Crippen LogP contribution in [0.15, 0.2) is 54.6 Å². The molecule has 0 radical (unpaired) electrons. The molecule has 1 aliphatic heterocycles. The molecule has 126 valence electrons. The van der Waals surface area contributed by atoms with E-state index in [0.29, 0.717) is 0 Å². The fourth-order valence-electron chi connectivity index (χ4n) is 3.57. The first-order chi connectivity index (χ1) is 12.2. The molecule has 3 nitrogen and oxygen atoms in total. The van der Waals surface area contributed by atoms with Gasteiger partial charge in [-0.3, -0.25) is 4.79 Å². The molecule has 0 N–H and O–H groups in total. The van der Waals surface area contributed by atoms with E-state index >= 15 is 0 Å². The van der Waals surface area contributed by atoms with E-state index in [4.69, 9.17) is 4.98 Å². The molecule has 0 atom stereocenters. The van der Waals surface area contributed by atoms with Crippen LogP contribution in [0.2, 0.25) is 0 Å². The third-order valence-electron chi connectivity index (χ3n) is 4.90. The number of aromatic nitrogens is 1. The summed E-state index contributed by atoms with van der Waals surface area (Å²) in [6.07, 6.45) is 3.41. The quantitative estimate of drug-likeness (QED) is 0.674. The van der Waals surface area contributed by atoms with E-state index in [1.54, 1.807) is 0 Å². The van der Waals surface area contributed by atoms with Crippen molar-refractivity contribution in [3.63, 3.8) is 0 Å². The van der Waals surface area contributed by atoms with Gasteiger partial charge >= 0.3 is 0 Å². The largest absolute Gasteiger partial charge is 0.339 e. The predicted molar refractivity (Wildman–Crippen MR) is 102 cm³/mol. The zero-order chi connectivity index (χ0) is 17.2. The summed E-state index contributed by atoms with van der Waals surface area (Å²) in [5, 5.41) is 0.939. The predicted octanol–water partition coefficient (Wildman–Crippen LogP) is 4.84. The lowest BCUT2D eigenvalue weighted by Gasteiger charge is -2.27. The Morgan fingerprint density at radius 2 is 1.76 bits per heavy atom. The van der Waals surface area contributed by atoms with E-state index in [-0.39, 0.29) is 5.91 Å². The van der Waals surface area contributed by atoms with Gasteiger partial charge < -0.3 is 4.90 Å². The summed E-state index contributed by atoms with van der Waals surface area (Å²) in [6.45, 7) is 3.79. The van der Waals surface area contributed by atoms with Crippen LogP contribution in [0.3, 0.4) is 0 Å². The van der Waals surface area contributed by atoms with Crippen LogP contribution in [-0.2, 0) is 0 Å². The van der Waals surface area contributed by atoms with Crippen molar-refractivity contribution in [2.24, 2.45) is 0 Å². The van der Waals surface area contributed by atoms with Crippen LogP contribution in [0.1, 0.15) is 35.2 Å². The van der Waals surface area contributed by atoms with Gasteiger partial charge in [-0.1, -0.05) is 42.0 Å². The Kier molecular flexibility index (Phi) is 4.22. The lowest BCUT2D eigenvalue weighted by Crippen LogP contribution is -2.35. The Hall–Kier alpha value is -2.68. The minimum Gasteiger partial charge on any atom is -0.339 e. The third kappa shape index (κ3) is 3.14. The summed E-state index contributed by atoms with van der Waals surface area (Å²) in [5.74, 6) is 0.132. The Labute approximate surface area is 148 Å². The van der Waals surface area contributed by atoms with Gasteiger partial charge in [0, 0.05) is 24.0 Å². The lowest BCUT2D eigenvalue weighted by atomic mass is 10.0. The van der Waals surface area contributed by atoms with Crippen molar-refractivity contribution < 1.29 is 4.79 Å². The molecule has 2 aromatic carbocycles. The molecule has 3 aromatic rings. The highest BCUT2D eigenvalue weighted by atomic mass is 16.2. The molecule has 25 heavy (non-hydrogen) atoms. The molecule has 4 rings (SSSR count). The zero-order valence-electron chi connectivity index (χ0n) is 14.5. The van der Waals surface area contributed by atoms with Crippen LogP contribution in [0.4, 0.5) is 0 Å². The second-order valence-corrected chi connectivity index (χ2v) is 6.79. The number of nitrogens with zero attached hydrogens (tertiary/aromatic N) is 2. The summed E-state index contributed by atoms with van der Waals surface area (Å²) >= 11 is 0. The topological polar surface area (TPSA) is 33.2 Å². The normalized spacial score (nSPS) is 14.7. The minimum absolute atomic E-state index is 0.132. The highest BCUT2D eigenvalue weighted by molar-refractivity contribution is 6.07. The first-order valence-corrected chi connectivity index (χ1v) is 8.98. The number of aryl methyl sites for hydroxylation is 1. The summed E-state index contributed by atoms with van der Waals surface area (Å²) in [4.78, 5) is 20.0. The van der Waals surface area contributed by atoms with Gasteiger partial charge in [-0.25, -0.2) is 4.98 Å². The minimum atomic E-state index is 0.132. The number of hydrogen-bond acceptors (Lipinski definition) is 2. The van der Waals surface area contributed by atoms with Gasteiger partial charge in [-0.05, 0) is 44.4 Å². The van der Waals surface area contributed by atoms with E-state index < -0.39 is 0 Å². The number of piperidine rings is 1. The van der Waals surface area contributed by atoms with E-state index in [0.717, 1.165) is 53.7 Å². The van der Waals surface area contributed by atoms with Crippen LogP contribution in [0.5, 0.6) is 0 Å². The number of fused-ring (bicyclic) bond motifs is 1. The molecule has 0 unspecified atom stereocenters. The number of rotatable bonds is 2. The fourth-order valence-corrected chi connectivity index (χ4v) is 3.57. The van der Waals surface area contributed by atoms with Gasteiger partial charge in [0.05, 0.1) is 16.8 Å². The lowest BCUT2D eigenvalue weighted by molar-refractivity contribution is 0.0726. The van der Waals surface area contributed by atoms with Crippen molar-refractivity contribution in [3.8, 4) is 11.3 Å². The molecule has 0 aliphatic carbocycles. The maximum absolute atomic E-state index is 13.2. The van der Waals surface area contributed by atoms with Crippen LogP contribution >= 0.6 is 0 Å². The molecule has 3 heteroatoms. The van der Waals surface area contributed by atoms with Gasteiger partial charge in [-0.15, -0.1) is 0 Å². The molecule has 0 bridgehead atoms. The fraction of sp³-hybridized carbons (Fsp3) is 0.273. The van der Waals surface area contributed by atoms with Gasteiger partial charge in [0.25, 0.3) is 5.91 Å². The van der Waals surface area contributed by atoms with Crippen molar-refractivity contribution in [1.82, 2.24) is 9.88 Å². The summed E-state index contributed by atoms with van der Waals surface area (Å²) in [6, 6.07) is 18.2. The average Bonchev–Trinajstić information content (AvgIpc) is 2.67. The maximum Gasteiger partial charge on any atom is 0.254 e. The van der Waals surface area contributed by atoms with Gasteiger partial charge in [-0.2, -0.15) is 0 Å². The number of carbonyl (C=O) groups is 1. The Morgan fingerprint density at radius 3 is 2.56 bits per heavy atom. The number of carbonyl (C=O) groups excluding carboxylic acids is 1. The first kappa shape index (κ1) is 15.8. The van der Waals surface area contributed by atoms with Crippen molar-refractivity contribution in [1.29, 1.82) is 0 Å². The van der Waals surface area contributed by atoms with E-state index in [9.17, 15) is 4.79 Å². The second kappa shape index (κ2) is 6.67. The summed E-state index contributed by atoms with van der Waals surface area (Å²) in [7, 11) is 0. The Bertz CT molecular complexity index is 926. The number of likely N-dealkylation sites (tertiary alicyclic amines) is 1. The molecule has 2 heterocycles. The third-order valence-corrected chi connectivity index (χ3v) is 4.90. The second-order valence-electron chi connectivity index (χ2n) is 6.79. The Balaban J connectivity index is 1.85. The highest BCUT2D eigenvalue weighted by Gasteiger charge is 2.21. The van der Waals surface area contributed by atoms with Crippen molar-refractivity contribution >= 4 is 16.8 Å². The average molecular weight is 330 g/mol. The van der Waals surface area contributed by atoms with E-state index in [2.05, 4.69) is 25.1 Å². The standard InChI is InChI=1S/C22H22N2O/c1-16-8-7-9-17(14-16)21-15-19(18-10-3-4-11-20(18)23-21)22(25)24-12-5-2-6-13-24/h3-4,7-11,14-15H,2,5-6,12-13H2,1H3. The van der Waals surface area contributed by atoms with Crippen molar-refractivity contribution in [2.75, 3.05) is 13.1 Å². The zero-order valence-corrected chi connectivity index (χ0v) is 14.5. The number of benzene rings is 2. The maximum atomic E-state index is 13.2. The smallest absolute Gasteiger partial charge is 0.254 e. The summed E-state index contributed by atoms with van der Waals surface area (Å²) in [5.41, 5.74) is 4.75. The Morgan fingerprint density at radius 1 is 0.960 bits per heavy atom. The molecular formula is C22H22N2O. The molecule has 1 amide bonds. The molecule has 1 fully saturated rings. The number of hydrogen-bond donors (Lipinski definition) is 0. The molecule has 0 spiro atoms. The van der Waals surface area contributed by atoms with Crippen molar-refractivity contribution in [3.05, 3.63) is 65.7 Å². The van der Waals surface area contributed by atoms with Gasteiger partial charge in [0.2, 0.25) is 0 Å². The highest BCUT2D eigenvalue weighted by Crippen LogP contribution is 2.27. The summed E-state index contributed by atoms with van der Waals surface area (Å²) < 4.78 is 0.